The van der Waals surface area contributed by atoms with E-state index in [0.717, 1.165) is 0 Å². The fraction of sp³-hybridized carbons (Fsp3) is 0.375. The van der Waals surface area contributed by atoms with Gasteiger partial charge in [0.15, 0.2) is 0 Å². The first-order valence-corrected chi connectivity index (χ1v) is 7.40. The van der Waals surface area contributed by atoms with E-state index in [2.05, 4.69) is 10.2 Å². The molecule has 23 heavy (non-hydrogen) atoms. The predicted molar refractivity (Wildman–Crippen MR) is 84.8 cm³/mol. The van der Waals surface area contributed by atoms with Crippen LogP contribution >= 0.6 is 0 Å². The molecule has 0 saturated carbocycles. The van der Waals surface area contributed by atoms with Crippen LogP contribution in [0.5, 0.6) is 0 Å². The SMILES string of the molecule is CC1(C)OB(/C=C/c2nnc(-c3ccc(F)cc3)o2)OC1(C)C. The van der Waals surface area contributed by atoms with Crippen molar-refractivity contribution in [3.8, 4) is 11.5 Å². The van der Waals surface area contributed by atoms with Crippen molar-refractivity contribution in [3.63, 3.8) is 0 Å². The molecule has 0 atom stereocenters. The summed E-state index contributed by atoms with van der Waals surface area (Å²) >= 11 is 0. The number of aromatic nitrogens is 2. The Kier molecular flexibility index (Phi) is 3.86. The number of benzene rings is 1. The molecule has 3 rings (SSSR count). The van der Waals surface area contributed by atoms with Crippen LogP contribution in [0, 0.1) is 5.82 Å². The molecule has 0 amide bonds. The van der Waals surface area contributed by atoms with Crippen molar-refractivity contribution in [1.82, 2.24) is 10.2 Å². The van der Waals surface area contributed by atoms with Crippen LogP contribution in [0.15, 0.2) is 34.7 Å². The highest BCUT2D eigenvalue weighted by atomic mass is 19.1. The van der Waals surface area contributed by atoms with Crippen LogP contribution in [-0.2, 0) is 9.31 Å². The Morgan fingerprint density at radius 3 is 2.22 bits per heavy atom. The van der Waals surface area contributed by atoms with E-state index in [9.17, 15) is 4.39 Å². The van der Waals surface area contributed by atoms with Gasteiger partial charge in [0.2, 0.25) is 11.8 Å². The van der Waals surface area contributed by atoms with Crippen LogP contribution in [-0.4, -0.2) is 28.5 Å². The average Bonchev–Trinajstić information content (AvgIpc) is 3.00. The zero-order valence-electron chi connectivity index (χ0n) is 13.5. The maximum atomic E-state index is 12.9. The van der Waals surface area contributed by atoms with Crippen molar-refractivity contribution in [2.24, 2.45) is 0 Å². The summed E-state index contributed by atoms with van der Waals surface area (Å²) in [4.78, 5) is 0. The highest BCUT2D eigenvalue weighted by molar-refractivity contribution is 6.52. The van der Waals surface area contributed by atoms with E-state index >= 15 is 0 Å². The molecular weight excluding hydrogens is 298 g/mol. The van der Waals surface area contributed by atoms with Crippen LogP contribution in [0.1, 0.15) is 33.6 Å². The molecule has 2 heterocycles. The van der Waals surface area contributed by atoms with Crippen LogP contribution in [0.3, 0.4) is 0 Å². The summed E-state index contributed by atoms with van der Waals surface area (Å²) in [5.74, 6) is 2.09. The van der Waals surface area contributed by atoms with Gasteiger partial charge in [-0.05, 0) is 64.0 Å². The number of hydrogen-bond acceptors (Lipinski definition) is 5. The molecule has 1 fully saturated rings. The summed E-state index contributed by atoms with van der Waals surface area (Å²) < 4.78 is 30.2. The third-order valence-corrected chi connectivity index (χ3v) is 4.20. The normalized spacial score (nSPS) is 19.6. The standard InChI is InChI=1S/C16H18BFN2O3/c1-15(2)16(3,4)23-17(22-15)10-9-13-19-20-14(21-13)11-5-7-12(18)8-6-11/h5-10H,1-4H3/b10-9+. The highest BCUT2D eigenvalue weighted by Gasteiger charge is 2.50. The van der Waals surface area contributed by atoms with Gasteiger partial charge in [-0.1, -0.05) is 0 Å². The van der Waals surface area contributed by atoms with E-state index in [1.165, 1.54) is 12.1 Å². The van der Waals surface area contributed by atoms with Crippen molar-refractivity contribution in [3.05, 3.63) is 41.9 Å². The molecule has 1 aromatic heterocycles. The van der Waals surface area contributed by atoms with Crippen molar-refractivity contribution >= 4 is 13.2 Å². The van der Waals surface area contributed by atoms with Gasteiger partial charge in [-0.2, -0.15) is 0 Å². The quantitative estimate of drug-likeness (QED) is 0.811. The van der Waals surface area contributed by atoms with Gasteiger partial charge < -0.3 is 13.7 Å². The Labute approximate surface area is 134 Å². The molecule has 0 unspecified atom stereocenters. The minimum absolute atomic E-state index is 0.311. The van der Waals surface area contributed by atoms with Gasteiger partial charge in [-0.3, -0.25) is 0 Å². The third-order valence-electron chi connectivity index (χ3n) is 4.20. The zero-order chi connectivity index (χ0) is 16.7. The summed E-state index contributed by atoms with van der Waals surface area (Å²) in [6, 6.07) is 5.87. The van der Waals surface area contributed by atoms with Gasteiger partial charge in [-0.25, -0.2) is 4.39 Å². The lowest BCUT2D eigenvalue weighted by molar-refractivity contribution is 0.00578. The van der Waals surface area contributed by atoms with Crippen LogP contribution in [0.25, 0.3) is 17.5 Å². The first-order chi connectivity index (χ1) is 10.8. The Hall–Kier alpha value is -1.99. The van der Waals surface area contributed by atoms with Gasteiger partial charge in [0.05, 0.1) is 11.2 Å². The molecule has 5 nitrogen and oxygen atoms in total. The van der Waals surface area contributed by atoms with Crippen molar-refractivity contribution in [1.29, 1.82) is 0 Å². The van der Waals surface area contributed by atoms with Gasteiger partial charge in [0.25, 0.3) is 0 Å². The second-order valence-electron chi connectivity index (χ2n) is 6.44. The monoisotopic (exact) mass is 316 g/mol. The van der Waals surface area contributed by atoms with Gasteiger partial charge in [0, 0.05) is 5.56 Å². The van der Waals surface area contributed by atoms with Gasteiger partial charge in [-0.15, -0.1) is 10.2 Å². The molecule has 0 spiro atoms. The topological polar surface area (TPSA) is 57.4 Å². The predicted octanol–water partition coefficient (Wildman–Crippen LogP) is 3.52. The third kappa shape index (κ3) is 3.21. The molecule has 1 saturated heterocycles. The number of hydrogen-bond donors (Lipinski definition) is 0. The summed E-state index contributed by atoms with van der Waals surface area (Å²) in [6.07, 6.45) is 1.65. The average molecular weight is 316 g/mol. The van der Waals surface area contributed by atoms with Crippen molar-refractivity contribution in [2.45, 2.75) is 38.9 Å². The van der Waals surface area contributed by atoms with E-state index in [4.69, 9.17) is 13.7 Å². The minimum Gasteiger partial charge on any atom is -0.417 e. The molecule has 0 bridgehead atoms. The summed E-state index contributed by atoms with van der Waals surface area (Å²) in [5.41, 5.74) is -0.124. The zero-order valence-corrected chi connectivity index (χ0v) is 13.5. The fourth-order valence-electron chi connectivity index (χ4n) is 2.14. The number of rotatable bonds is 3. The lowest BCUT2D eigenvalue weighted by Crippen LogP contribution is -2.41. The molecule has 120 valence electrons. The van der Waals surface area contributed by atoms with Gasteiger partial charge >= 0.3 is 7.12 Å². The smallest absolute Gasteiger partial charge is 0.417 e. The minimum atomic E-state index is -0.471. The maximum Gasteiger partial charge on any atom is 0.487 e. The first-order valence-electron chi connectivity index (χ1n) is 7.40. The molecule has 2 aromatic rings. The van der Waals surface area contributed by atoms with E-state index < -0.39 is 18.3 Å². The first kappa shape index (κ1) is 15.9. The Bertz CT molecular complexity index is 709. The van der Waals surface area contributed by atoms with Crippen molar-refractivity contribution < 1.29 is 18.1 Å². The molecule has 1 aromatic carbocycles. The van der Waals surface area contributed by atoms with E-state index in [0.29, 0.717) is 17.3 Å². The molecule has 0 N–H and O–H groups in total. The largest absolute Gasteiger partial charge is 0.487 e. The molecule has 1 aliphatic heterocycles. The van der Waals surface area contributed by atoms with Crippen molar-refractivity contribution in [2.75, 3.05) is 0 Å². The Morgan fingerprint density at radius 1 is 1.00 bits per heavy atom. The van der Waals surface area contributed by atoms with Crippen LogP contribution < -0.4 is 0 Å². The van der Waals surface area contributed by atoms with Crippen LogP contribution in [0.2, 0.25) is 0 Å². The fourth-order valence-corrected chi connectivity index (χ4v) is 2.14. The lowest BCUT2D eigenvalue weighted by atomic mass is 9.90. The summed E-state index contributed by atoms with van der Waals surface area (Å²) in [5, 5.41) is 7.89. The number of nitrogens with zero attached hydrogens (tertiary/aromatic N) is 2. The number of halogens is 1. The van der Waals surface area contributed by atoms with Gasteiger partial charge in [0.1, 0.15) is 5.82 Å². The molecule has 7 heteroatoms. The molecule has 0 aliphatic carbocycles. The summed E-state index contributed by atoms with van der Waals surface area (Å²) in [7, 11) is -0.471. The second-order valence-corrected chi connectivity index (χ2v) is 6.44. The lowest BCUT2D eigenvalue weighted by Gasteiger charge is -2.32. The van der Waals surface area contributed by atoms with Crippen LogP contribution in [0.4, 0.5) is 4.39 Å². The summed E-state index contributed by atoms with van der Waals surface area (Å²) in [6.45, 7) is 7.95. The molecule has 1 aliphatic rings. The second kappa shape index (κ2) is 5.58. The molecule has 0 radical (unpaired) electrons. The van der Waals surface area contributed by atoms with E-state index in [1.807, 2.05) is 27.7 Å². The molecular formula is C16H18BFN2O3. The van der Waals surface area contributed by atoms with E-state index in [1.54, 1.807) is 24.2 Å². The maximum absolute atomic E-state index is 12.9. The Balaban J connectivity index is 1.71. The van der Waals surface area contributed by atoms with E-state index in [-0.39, 0.29) is 5.82 Å². The highest BCUT2D eigenvalue weighted by Crippen LogP contribution is 2.37. The Morgan fingerprint density at radius 2 is 1.61 bits per heavy atom.